The molecule has 18 nitrogen and oxygen atoms in total. The lowest BCUT2D eigenvalue weighted by atomic mass is 9.53. The Morgan fingerprint density at radius 2 is 0.667 bits per heavy atom. The first kappa shape index (κ1) is 97.8. The number of Topliss-reactive ketones (excluding diaryl/α,β-unsaturated/α-hetero) is 1. The minimum Gasteiger partial charge on any atom is -0.481 e. The lowest BCUT2D eigenvalue weighted by molar-refractivity contribution is -0.191. The molecule has 9 aliphatic rings. The highest BCUT2D eigenvalue weighted by molar-refractivity contribution is 7.98. The van der Waals surface area contributed by atoms with E-state index >= 15 is 0 Å². The summed E-state index contributed by atoms with van der Waals surface area (Å²) in [6.45, 7) is 17.8. The van der Waals surface area contributed by atoms with E-state index in [2.05, 4.69) is 255 Å². The number of carbonyl (C=O) groups excluding carboxylic acids is 6. The molecule has 0 N–H and O–H groups in total. The lowest BCUT2D eigenvalue weighted by Gasteiger charge is -2.54. The van der Waals surface area contributed by atoms with Gasteiger partial charge in [0.15, 0.2) is 85.2 Å². The minimum absolute atomic E-state index is 0.0397. The van der Waals surface area contributed by atoms with Crippen LogP contribution >= 0.6 is 0 Å². The van der Waals surface area contributed by atoms with Crippen LogP contribution in [-0.4, -0.2) is 112 Å². The fourth-order valence-corrected chi connectivity index (χ4v) is 32.2. The molecular formula is C115H118O18S5+4. The number of rotatable bonds is 28. The van der Waals surface area contributed by atoms with Crippen molar-refractivity contribution >= 4 is 89.3 Å². The molecule has 12 aromatic carbocycles. The van der Waals surface area contributed by atoms with E-state index in [4.69, 9.17) is 46.8 Å². The van der Waals surface area contributed by atoms with Crippen molar-refractivity contribution in [1.82, 2.24) is 0 Å². The first-order valence-electron chi connectivity index (χ1n) is 47.5. The van der Waals surface area contributed by atoms with Crippen LogP contribution in [0.1, 0.15) is 128 Å². The smallest absolute Gasteiger partial charge is 0.347 e. The third-order valence-electron chi connectivity index (χ3n) is 27.0. The van der Waals surface area contributed by atoms with Gasteiger partial charge in [0.1, 0.15) is 52.2 Å². The zero-order chi connectivity index (χ0) is 96.4. The number of hydrogen-bond donors (Lipinski definition) is 0. The van der Waals surface area contributed by atoms with Crippen LogP contribution in [0.3, 0.4) is 0 Å². The molecule has 21 rings (SSSR count). The van der Waals surface area contributed by atoms with Crippen molar-refractivity contribution in [3.63, 3.8) is 0 Å². The average Bonchev–Trinajstić information content (AvgIpc) is 1.65. The zero-order valence-corrected chi connectivity index (χ0v) is 83.4. The summed E-state index contributed by atoms with van der Waals surface area (Å²) in [6.07, 6.45) is 8.09. The van der Waals surface area contributed by atoms with Gasteiger partial charge in [-0.15, -0.1) is 0 Å². The predicted octanol–water partition coefficient (Wildman–Crippen LogP) is 22.6. The van der Waals surface area contributed by atoms with Crippen molar-refractivity contribution in [2.75, 3.05) is 33.0 Å². The van der Waals surface area contributed by atoms with E-state index in [1.807, 2.05) is 98.7 Å². The second-order valence-corrected chi connectivity index (χ2v) is 47.2. The van der Waals surface area contributed by atoms with Gasteiger partial charge in [0.05, 0.1) is 55.4 Å². The molecule has 0 spiro atoms. The van der Waals surface area contributed by atoms with Crippen LogP contribution in [0.5, 0.6) is 23.0 Å². The molecule has 0 aromatic heterocycles. The molecule has 7 aliphatic carbocycles. The van der Waals surface area contributed by atoms with E-state index in [0.29, 0.717) is 48.9 Å². The second-order valence-electron chi connectivity index (χ2n) is 37.3. The Labute approximate surface area is 821 Å². The molecule has 2 heterocycles. The molecule has 712 valence electrons. The van der Waals surface area contributed by atoms with E-state index in [1.165, 1.54) is 58.7 Å². The van der Waals surface area contributed by atoms with Crippen molar-refractivity contribution < 1.29 is 84.0 Å². The molecule has 6 bridgehead atoms. The molecule has 9 fully saturated rings. The summed E-state index contributed by atoms with van der Waals surface area (Å²) < 4.78 is 80.9. The topological polar surface area (TPSA) is 229 Å². The van der Waals surface area contributed by atoms with Crippen LogP contribution < -0.4 is 18.9 Å². The van der Waals surface area contributed by atoms with Crippen LogP contribution in [-0.2, 0) is 110 Å². The molecule has 8 unspecified atom stereocenters. The van der Waals surface area contributed by atoms with Gasteiger partial charge in [0.25, 0.3) is 10.1 Å². The first-order chi connectivity index (χ1) is 66.7. The Bertz CT molecular complexity index is 6180. The highest BCUT2D eigenvalue weighted by Gasteiger charge is 2.66. The van der Waals surface area contributed by atoms with Gasteiger partial charge in [0, 0.05) is 78.6 Å². The van der Waals surface area contributed by atoms with Crippen LogP contribution in [0.25, 0.3) is 0 Å². The summed E-state index contributed by atoms with van der Waals surface area (Å²) in [4.78, 5) is 89.0. The predicted molar refractivity (Wildman–Crippen MR) is 535 cm³/mol. The van der Waals surface area contributed by atoms with Crippen molar-refractivity contribution in [2.45, 2.75) is 233 Å². The van der Waals surface area contributed by atoms with Crippen LogP contribution in [0, 0.1) is 85.0 Å². The molecule has 0 amide bonds. The number of cyclic esters (lactones) is 1. The maximum absolute atomic E-state index is 12.9. The van der Waals surface area contributed by atoms with Gasteiger partial charge in [-0.05, 0) is 280 Å². The Morgan fingerprint density at radius 3 is 0.971 bits per heavy atom. The number of hydrogen-bond acceptors (Lipinski definition) is 18. The minimum atomic E-state index is -3.54. The van der Waals surface area contributed by atoms with E-state index in [9.17, 15) is 37.2 Å². The summed E-state index contributed by atoms with van der Waals surface area (Å²) in [7, 11) is -4.53. The molecular weight excluding hydrogens is 1830 g/mol. The average molecular weight is 1950 g/mol. The fourth-order valence-electron chi connectivity index (χ4n) is 21.2. The monoisotopic (exact) mass is 1950 g/mol. The van der Waals surface area contributed by atoms with Gasteiger partial charge < -0.3 is 42.6 Å². The third kappa shape index (κ3) is 22.8. The molecule has 2 saturated heterocycles. The van der Waals surface area contributed by atoms with Crippen molar-refractivity contribution in [1.29, 1.82) is 0 Å². The highest BCUT2D eigenvalue weighted by Crippen LogP contribution is 2.57. The number of ether oxygens (including phenoxy) is 9. The summed E-state index contributed by atoms with van der Waals surface area (Å²) >= 11 is 0. The summed E-state index contributed by atoms with van der Waals surface area (Å²) in [6, 6.07) is 101. The molecule has 2 aliphatic heterocycles. The maximum Gasteiger partial charge on any atom is 0.347 e. The van der Waals surface area contributed by atoms with E-state index in [0.717, 1.165) is 107 Å². The number of esters is 5. The quantitative estimate of drug-likeness (QED) is 0.0192. The van der Waals surface area contributed by atoms with Gasteiger partial charge in [-0.3, -0.25) is 8.98 Å². The normalized spacial score (nSPS) is 21.2. The Hall–Kier alpha value is -11.8. The van der Waals surface area contributed by atoms with Crippen molar-refractivity contribution in [3.05, 3.63) is 336 Å². The Morgan fingerprint density at radius 1 is 0.370 bits per heavy atom. The second kappa shape index (κ2) is 43.7. The number of benzene rings is 12. The third-order valence-corrected chi connectivity index (χ3v) is 37.5. The SMILES string of the molecule is Cc1cc([S+](c2ccccc2)c2ccccc2)cc(C)c1OCC(=O)OC1(C)CCCC1.Cc1cc([S+](c2ccccc2)c2ccccc2)cc(C)c1OCC(=O)OC12CC3CC(C1)C(=O)C(C3)C2.Cc1cc([S+](c2ccccc2)c2ccccc2)cc(C)c1OCC(=O)OC1C2CC3C1OS(=O)(=O)C3C2.Cc1cc([S+](c2ccccc2)c2ccccc2)cc(C)c1OCC(=O)OC1CCOC1=O. The molecule has 7 saturated carbocycles. The number of ketones is 1. The fraction of sp³-hybridized carbons (Fsp3) is 0.322. The standard InChI is InChI=1S/C32H33O4S.C29H29O6S2.C28H31O3S.C26H25O5S/c1-21-13-28(37(26-9-5-3-6-10-26)27-11-7-4-8-12-27)14-22(2)31(21)35-20-29(33)36-32-17-23-15-24(18-32)30(34)25(16-23)19-32;1-18-13-23(36(21-9-5-3-6-10-21)22-11-7-4-8-12-22)14-19(2)27(18)33-17-26(30)34-28-20-15-24-25(16-20)37(31,32)35-29(24)28;1-21-18-25(32(23-12-6-4-7-13-23)24-14-8-5-9-15-24)19-22(2)27(21)30-20-26(29)31-28(3)16-10-11-17-28;1-18-15-22(32(20-9-5-3-6-10-20)21-11-7-4-8-12-21)16-19(2)25(18)30-17-24(27)31-23-13-14-29-26(23)28/h3-14,23-25H,15-20H2,1-2H3;3-14,20,24-25,28-29H,15-17H2,1-2H3;4-9,12-15,18-19H,10-11,16-17,20H2,1-3H3;3-12,15-16,23H,13-14,17H2,1-2H3/q4*+1. The largest absolute Gasteiger partial charge is 0.481 e. The molecule has 8 atom stereocenters. The van der Waals surface area contributed by atoms with Gasteiger partial charge in [-0.25, -0.2) is 24.0 Å². The lowest BCUT2D eigenvalue weighted by Crippen LogP contribution is -2.57. The van der Waals surface area contributed by atoms with Gasteiger partial charge in [-0.1, -0.05) is 146 Å². The number of carbonyl (C=O) groups is 6. The van der Waals surface area contributed by atoms with E-state index < -0.39 is 57.2 Å². The molecule has 23 heteroatoms. The molecule has 0 radical (unpaired) electrons. The van der Waals surface area contributed by atoms with Crippen LogP contribution in [0.15, 0.2) is 350 Å². The zero-order valence-electron chi connectivity index (χ0n) is 79.3. The van der Waals surface area contributed by atoms with Crippen LogP contribution in [0.4, 0.5) is 0 Å². The van der Waals surface area contributed by atoms with Gasteiger partial charge in [0.2, 0.25) is 6.10 Å². The van der Waals surface area contributed by atoms with Crippen molar-refractivity contribution in [3.8, 4) is 23.0 Å². The molecule has 138 heavy (non-hydrogen) atoms. The van der Waals surface area contributed by atoms with Crippen molar-refractivity contribution in [2.24, 2.45) is 29.6 Å². The highest BCUT2D eigenvalue weighted by atomic mass is 32.2. The maximum atomic E-state index is 12.9. The van der Waals surface area contributed by atoms with E-state index in [-0.39, 0.29) is 118 Å². The van der Waals surface area contributed by atoms with Gasteiger partial charge in [-0.2, -0.15) is 8.42 Å². The van der Waals surface area contributed by atoms with Crippen LogP contribution in [0.2, 0.25) is 0 Å². The Kier molecular flexibility index (Phi) is 31.0. The number of aryl methyl sites for hydroxylation is 8. The van der Waals surface area contributed by atoms with Gasteiger partial charge >= 0.3 is 29.8 Å². The Balaban J connectivity index is 0.000000128. The summed E-state index contributed by atoms with van der Waals surface area (Å²) in [5.74, 6) is 1.70. The summed E-state index contributed by atoms with van der Waals surface area (Å²) in [5.41, 5.74) is 7.07. The molecule has 12 aromatic rings. The summed E-state index contributed by atoms with van der Waals surface area (Å²) in [5, 5.41) is -0.436. The first-order valence-corrected chi connectivity index (χ1v) is 53.9. The van der Waals surface area contributed by atoms with E-state index in [1.54, 1.807) is 0 Å². The number of fused-ring (bicyclic) bond motifs is 1.